The van der Waals surface area contributed by atoms with Crippen LogP contribution in [0.25, 0.3) is 11.1 Å². The lowest BCUT2D eigenvalue weighted by Crippen LogP contribution is -2.49. The summed E-state index contributed by atoms with van der Waals surface area (Å²) in [7, 11) is 0. The molecule has 0 spiro atoms. The van der Waals surface area contributed by atoms with Crippen LogP contribution in [0.5, 0.6) is 11.5 Å². The van der Waals surface area contributed by atoms with Crippen molar-refractivity contribution < 1.29 is 67.7 Å². The summed E-state index contributed by atoms with van der Waals surface area (Å²) in [5, 5.41) is 11.8. The summed E-state index contributed by atoms with van der Waals surface area (Å²) >= 11 is 0. The number of aliphatic carboxylic acids is 1. The van der Waals surface area contributed by atoms with E-state index in [4.69, 9.17) is 4.74 Å². The van der Waals surface area contributed by atoms with Gasteiger partial charge in [-0.25, -0.2) is 8.78 Å². The van der Waals surface area contributed by atoms with Gasteiger partial charge in [0, 0.05) is 43.0 Å². The molecule has 1 fully saturated rings. The third-order valence-corrected chi connectivity index (χ3v) is 9.10. The first kappa shape index (κ1) is 39.2. The normalized spacial score (nSPS) is 18.2. The zero-order valence-electron chi connectivity index (χ0n) is 27.8. The van der Waals surface area contributed by atoms with Crippen molar-refractivity contribution in [2.45, 2.75) is 49.6 Å². The highest BCUT2D eigenvalue weighted by Crippen LogP contribution is 2.47. The van der Waals surface area contributed by atoms with Gasteiger partial charge in [-0.3, -0.25) is 23.9 Å². The van der Waals surface area contributed by atoms with Gasteiger partial charge in [0.05, 0.1) is 29.2 Å². The Hall–Kier alpha value is -5.46. The number of alkyl halides is 10. The molecule has 2 aliphatic heterocycles. The van der Waals surface area contributed by atoms with Crippen LogP contribution < -0.4 is 15.6 Å². The third-order valence-electron chi connectivity index (χ3n) is 9.10. The SMILES string of the molecule is O=C(O)C[C@@H]1NC(=O)[C@@H](n2cc(CCN3CC(F)C3)c(C(F)(F)F)cc2=O)c2cccc(c2)Oc2cccc(C(F)(F)F)c2-c2cc1c(F)c(C(F)(F)F)c2. The maximum absolute atomic E-state index is 15.9. The van der Waals surface area contributed by atoms with Crippen molar-refractivity contribution in [2.24, 2.45) is 0 Å². The van der Waals surface area contributed by atoms with E-state index < -0.39 is 118 Å². The molecule has 19 heteroatoms. The van der Waals surface area contributed by atoms with Gasteiger partial charge in [0.1, 0.15) is 29.5 Å². The molecule has 1 saturated heterocycles. The van der Waals surface area contributed by atoms with Gasteiger partial charge in [0.15, 0.2) is 0 Å². The molecule has 4 bridgehead atoms. The van der Waals surface area contributed by atoms with E-state index in [1.165, 1.54) is 23.1 Å². The second kappa shape index (κ2) is 14.3. The second-order valence-electron chi connectivity index (χ2n) is 12.9. The van der Waals surface area contributed by atoms with Gasteiger partial charge in [-0.2, -0.15) is 39.5 Å². The molecule has 0 unspecified atom stereocenters. The van der Waals surface area contributed by atoms with Crippen LogP contribution in [-0.2, 0) is 34.5 Å². The number of fused-ring (bicyclic) bond motifs is 6. The fourth-order valence-corrected chi connectivity index (χ4v) is 6.60. The predicted molar refractivity (Wildman–Crippen MR) is 170 cm³/mol. The first-order valence-electron chi connectivity index (χ1n) is 16.2. The number of ether oxygens (including phenoxy) is 1. The van der Waals surface area contributed by atoms with Gasteiger partial charge in [-0.15, -0.1) is 0 Å². The standard InChI is InChI=1S/C36H26F11N3O5/c37-20-15-49(16-20)8-7-18-14-50(28(51)12-24(18)35(42,43)44)32-17-3-1-4-21(9-17)55-27-6-2-5-23(34(39,40)41)30(27)19-10-22(26(13-29(52)53)48-33(32)54)31(38)25(11-19)36(45,46)47/h1-6,9-12,14,20,26,32H,7-8,13,15-16H2,(H,48,54)(H,52,53)/t26-,32-/m0/s1. The predicted octanol–water partition coefficient (Wildman–Crippen LogP) is 7.93. The molecule has 1 amide bonds. The van der Waals surface area contributed by atoms with Crippen LogP contribution in [0.1, 0.15) is 51.9 Å². The van der Waals surface area contributed by atoms with E-state index in [1.807, 2.05) is 0 Å². The van der Waals surface area contributed by atoms with Crippen LogP contribution in [0.4, 0.5) is 48.3 Å². The average Bonchev–Trinajstić information content (AvgIpc) is 3.05. The van der Waals surface area contributed by atoms with Crippen LogP contribution in [0.15, 0.2) is 71.7 Å². The fourth-order valence-electron chi connectivity index (χ4n) is 6.60. The Labute approximate surface area is 302 Å². The van der Waals surface area contributed by atoms with Crippen molar-refractivity contribution in [1.29, 1.82) is 0 Å². The van der Waals surface area contributed by atoms with Gasteiger partial charge < -0.3 is 15.2 Å². The van der Waals surface area contributed by atoms with Crippen molar-refractivity contribution >= 4 is 11.9 Å². The number of hydrogen-bond acceptors (Lipinski definition) is 5. The lowest BCUT2D eigenvalue weighted by Gasteiger charge is -2.34. The Balaban J connectivity index is 1.62. The molecular weight excluding hydrogens is 763 g/mol. The van der Waals surface area contributed by atoms with Crippen LogP contribution in [-0.4, -0.2) is 52.3 Å². The quantitative estimate of drug-likeness (QED) is 0.193. The first-order valence-corrected chi connectivity index (χ1v) is 16.2. The largest absolute Gasteiger partial charge is 0.481 e. The molecule has 0 saturated carbocycles. The van der Waals surface area contributed by atoms with Crippen molar-refractivity contribution in [3.8, 4) is 22.6 Å². The number of nitrogens with one attached hydrogen (secondary N) is 1. The number of carbonyl (C=O) groups is 2. The molecule has 8 nitrogen and oxygen atoms in total. The number of amides is 1. The summed E-state index contributed by atoms with van der Waals surface area (Å²) in [4.78, 5) is 41.2. The number of likely N-dealkylation sites (tertiary alicyclic amines) is 1. The summed E-state index contributed by atoms with van der Waals surface area (Å²) in [6, 6.07) is 3.37. The van der Waals surface area contributed by atoms with Gasteiger partial charge in [-0.05, 0) is 59.5 Å². The molecule has 3 aromatic carbocycles. The Morgan fingerprint density at radius 2 is 1.51 bits per heavy atom. The highest BCUT2D eigenvalue weighted by Gasteiger charge is 2.42. The second-order valence-corrected chi connectivity index (χ2v) is 12.9. The van der Waals surface area contributed by atoms with E-state index in [-0.39, 0.29) is 43.1 Å². The number of halogens is 11. The van der Waals surface area contributed by atoms with Crippen LogP contribution in [0.3, 0.4) is 0 Å². The molecule has 1 aromatic heterocycles. The van der Waals surface area contributed by atoms with E-state index in [9.17, 15) is 63.4 Å². The van der Waals surface area contributed by atoms with E-state index >= 15 is 4.39 Å². The Bertz CT molecular complexity index is 2210. The molecule has 0 radical (unpaired) electrons. The summed E-state index contributed by atoms with van der Waals surface area (Å²) < 4.78 is 164. The zero-order chi connectivity index (χ0) is 40.2. The van der Waals surface area contributed by atoms with E-state index in [1.54, 1.807) is 0 Å². The van der Waals surface area contributed by atoms with Crippen LogP contribution >= 0.6 is 0 Å². The third kappa shape index (κ3) is 8.16. The summed E-state index contributed by atoms with van der Waals surface area (Å²) in [5.74, 6) is -6.45. The fraction of sp³-hybridized carbons (Fsp3) is 0.306. The summed E-state index contributed by atoms with van der Waals surface area (Å²) in [5.41, 5.74) is -10.4. The van der Waals surface area contributed by atoms with E-state index in [0.29, 0.717) is 22.9 Å². The highest BCUT2D eigenvalue weighted by molar-refractivity contribution is 5.85. The van der Waals surface area contributed by atoms with Gasteiger partial charge in [0.2, 0.25) is 5.91 Å². The molecule has 4 aromatic rings. The number of nitrogens with zero attached hydrogens (tertiary/aromatic N) is 2. The number of carboxylic acid groups (broad SMARTS) is 1. The van der Waals surface area contributed by atoms with Gasteiger partial charge in [0.25, 0.3) is 5.56 Å². The van der Waals surface area contributed by atoms with Crippen molar-refractivity contribution in [1.82, 2.24) is 14.8 Å². The molecule has 55 heavy (non-hydrogen) atoms. The lowest BCUT2D eigenvalue weighted by molar-refractivity contribution is -0.140. The van der Waals surface area contributed by atoms with Crippen LogP contribution in [0, 0.1) is 5.82 Å². The summed E-state index contributed by atoms with van der Waals surface area (Å²) in [6.07, 6.45) is -18.1. The number of benzene rings is 3. The molecule has 292 valence electrons. The van der Waals surface area contributed by atoms with Crippen molar-refractivity contribution in [3.05, 3.63) is 116 Å². The maximum atomic E-state index is 15.9. The Kier molecular flexibility index (Phi) is 10.2. The molecule has 2 N–H and O–H groups in total. The van der Waals surface area contributed by atoms with Gasteiger partial charge >= 0.3 is 24.5 Å². The molecule has 2 aliphatic rings. The minimum Gasteiger partial charge on any atom is -0.481 e. The topological polar surface area (TPSA) is 101 Å². The van der Waals surface area contributed by atoms with Crippen molar-refractivity contribution in [2.75, 3.05) is 19.6 Å². The number of aromatic nitrogens is 1. The minimum atomic E-state index is -5.57. The first-order chi connectivity index (χ1) is 25.6. The maximum Gasteiger partial charge on any atom is 0.419 e. The number of rotatable bonds is 6. The molecule has 0 aliphatic carbocycles. The number of carboxylic acids is 1. The number of pyridine rings is 1. The van der Waals surface area contributed by atoms with E-state index in [2.05, 4.69) is 5.32 Å². The highest BCUT2D eigenvalue weighted by atomic mass is 19.4. The van der Waals surface area contributed by atoms with E-state index in [0.717, 1.165) is 18.2 Å². The zero-order valence-corrected chi connectivity index (χ0v) is 27.8. The lowest BCUT2D eigenvalue weighted by atomic mass is 9.91. The molecular formula is C36H26F11N3O5. The van der Waals surface area contributed by atoms with Crippen molar-refractivity contribution in [3.63, 3.8) is 0 Å². The monoisotopic (exact) mass is 789 g/mol. The molecule has 6 rings (SSSR count). The van der Waals surface area contributed by atoms with Gasteiger partial charge in [-0.1, -0.05) is 18.2 Å². The summed E-state index contributed by atoms with van der Waals surface area (Å²) in [6.45, 7) is -0.227. The number of carbonyl (C=O) groups excluding carboxylic acids is 1. The Morgan fingerprint density at radius 1 is 0.855 bits per heavy atom. The molecule has 3 heterocycles. The Morgan fingerprint density at radius 3 is 2.13 bits per heavy atom. The molecule has 2 atom stereocenters. The number of hydrogen-bond donors (Lipinski definition) is 2. The van der Waals surface area contributed by atoms with Crippen LogP contribution in [0.2, 0.25) is 0 Å². The smallest absolute Gasteiger partial charge is 0.419 e. The average molecular weight is 790 g/mol. The minimum absolute atomic E-state index is 0.0643.